The van der Waals surface area contributed by atoms with E-state index in [0.717, 1.165) is 28.8 Å². The van der Waals surface area contributed by atoms with E-state index in [4.69, 9.17) is 9.84 Å². The van der Waals surface area contributed by atoms with Crippen molar-refractivity contribution in [2.24, 2.45) is 0 Å². The summed E-state index contributed by atoms with van der Waals surface area (Å²) in [6.45, 7) is 0.0594. The first-order valence-electron chi connectivity index (χ1n) is 8.92. The van der Waals surface area contributed by atoms with E-state index in [1.54, 1.807) is 12.1 Å². The number of hydrogen-bond donors (Lipinski definition) is 2. The van der Waals surface area contributed by atoms with Crippen molar-refractivity contribution in [2.75, 3.05) is 0 Å². The minimum absolute atomic E-state index is 0.0594. The standard InChI is InChI=1S/C22H15F3N2O3/c23-22(24,25)16-5-7-17(8-6-16)30-12-20-26-18-9-4-14(11-19(18)27-20)13-2-1-3-15(10-13)21(28)29/h1-11H,12H2,(H,26,27)(H,28,29). The number of aromatic carboxylic acids is 1. The third-order valence-corrected chi connectivity index (χ3v) is 4.53. The maximum atomic E-state index is 12.6. The van der Waals surface area contributed by atoms with E-state index >= 15 is 0 Å². The molecule has 0 saturated carbocycles. The number of alkyl halides is 3. The number of H-pyrrole nitrogens is 1. The van der Waals surface area contributed by atoms with Gasteiger partial charge in [0, 0.05) is 0 Å². The molecule has 3 aromatic carbocycles. The first-order valence-corrected chi connectivity index (χ1v) is 8.92. The first kappa shape index (κ1) is 19.5. The molecular weight excluding hydrogens is 397 g/mol. The second-order valence-electron chi connectivity index (χ2n) is 6.61. The van der Waals surface area contributed by atoms with E-state index in [-0.39, 0.29) is 12.2 Å². The van der Waals surface area contributed by atoms with Crippen molar-refractivity contribution >= 4 is 17.0 Å². The van der Waals surface area contributed by atoms with E-state index in [2.05, 4.69) is 9.97 Å². The smallest absolute Gasteiger partial charge is 0.416 e. The summed E-state index contributed by atoms with van der Waals surface area (Å²) >= 11 is 0. The van der Waals surface area contributed by atoms with Crippen molar-refractivity contribution in [1.29, 1.82) is 0 Å². The van der Waals surface area contributed by atoms with Crippen molar-refractivity contribution in [3.05, 3.63) is 83.7 Å². The number of carbonyl (C=O) groups is 1. The van der Waals surface area contributed by atoms with Crippen molar-refractivity contribution in [3.63, 3.8) is 0 Å². The average Bonchev–Trinajstić information content (AvgIpc) is 3.14. The van der Waals surface area contributed by atoms with Crippen LogP contribution < -0.4 is 4.74 Å². The maximum Gasteiger partial charge on any atom is 0.416 e. The Balaban J connectivity index is 1.51. The molecule has 0 unspecified atom stereocenters. The Morgan fingerprint density at radius 2 is 1.73 bits per heavy atom. The van der Waals surface area contributed by atoms with Crippen molar-refractivity contribution in [2.45, 2.75) is 12.8 Å². The van der Waals surface area contributed by atoms with Gasteiger partial charge in [-0.3, -0.25) is 0 Å². The van der Waals surface area contributed by atoms with Crippen LogP contribution in [0.15, 0.2) is 66.7 Å². The highest BCUT2D eigenvalue weighted by Gasteiger charge is 2.30. The fourth-order valence-electron chi connectivity index (χ4n) is 3.03. The number of hydrogen-bond acceptors (Lipinski definition) is 3. The van der Waals surface area contributed by atoms with Crippen LogP contribution in [0, 0.1) is 0 Å². The van der Waals surface area contributed by atoms with Gasteiger partial charge in [0.25, 0.3) is 0 Å². The minimum Gasteiger partial charge on any atom is -0.486 e. The molecular formula is C22H15F3N2O3. The molecule has 0 saturated heterocycles. The zero-order valence-corrected chi connectivity index (χ0v) is 15.4. The van der Waals surface area contributed by atoms with Gasteiger partial charge in [0.2, 0.25) is 0 Å². The van der Waals surface area contributed by atoms with Crippen LogP contribution in [0.4, 0.5) is 13.2 Å². The van der Waals surface area contributed by atoms with Crippen molar-refractivity contribution in [3.8, 4) is 16.9 Å². The lowest BCUT2D eigenvalue weighted by Crippen LogP contribution is -2.04. The van der Waals surface area contributed by atoms with E-state index in [0.29, 0.717) is 17.1 Å². The van der Waals surface area contributed by atoms with E-state index in [9.17, 15) is 18.0 Å². The predicted octanol–water partition coefficient (Wildman–Crippen LogP) is 5.53. The number of halogens is 3. The van der Waals surface area contributed by atoms with Crippen molar-refractivity contribution in [1.82, 2.24) is 9.97 Å². The molecule has 30 heavy (non-hydrogen) atoms. The molecule has 4 aromatic rings. The number of carboxylic acids is 1. The number of nitrogens with one attached hydrogen (secondary N) is 1. The molecule has 0 aliphatic rings. The third-order valence-electron chi connectivity index (χ3n) is 4.53. The quantitative estimate of drug-likeness (QED) is 0.452. The zero-order valence-electron chi connectivity index (χ0n) is 15.4. The SMILES string of the molecule is O=C(O)c1cccc(-c2ccc3[nH]c(COc4ccc(C(F)(F)F)cc4)nc3c2)c1. The molecule has 0 amide bonds. The van der Waals surface area contributed by atoms with Gasteiger partial charge in [-0.15, -0.1) is 0 Å². The van der Waals surface area contributed by atoms with Gasteiger partial charge in [-0.05, 0) is 59.7 Å². The molecule has 152 valence electrons. The summed E-state index contributed by atoms with van der Waals surface area (Å²) in [5.74, 6) is -0.184. The van der Waals surface area contributed by atoms with Gasteiger partial charge >= 0.3 is 12.1 Å². The van der Waals surface area contributed by atoms with E-state index in [1.165, 1.54) is 18.2 Å². The van der Waals surface area contributed by atoms with E-state index in [1.807, 2.05) is 24.3 Å². The topological polar surface area (TPSA) is 75.2 Å². The Hall–Kier alpha value is -3.81. The molecule has 0 spiro atoms. The summed E-state index contributed by atoms with van der Waals surface area (Å²) in [5, 5.41) is 9.15. The molecule has 1 aromatic heterocycles. The van der Waals surface area contributed by atoms with Crippen LogP contribution in [0.5, 0.6) is 5.75 Å². The minimum atomic E-state index is -4.39. The largest absolute Gasteiger partial charge is 0.486 e. The predicted molar refractivity (Wildman–Crippen MR) is 104 cm³/mol. The number of aromatic amines is 1. The highest BCUT2D eigenvalue weighted by atomic mass is 19.4. The maximum absolute atomic E-state index is 12.6. The van der Waals surface area contributed by atoms with Crippen LogP contribution in [0.2, 0.25) is 0 Å². The number of imidazole rings is 1. The lowest BCUT2D eigenvalue weighted by atomic mass is 10.0. The number of rotatable bonds is 5. The number of benzene rings is 3. The molecule has 0 aliphatic heterocycles. The number of fused-ring (bicyclic) bond motifs is 1. The lowest BCUT2D eigenvalue weighted by Gasteiger charge is -2.08. The second-order valence-corrected chi connectivity index (χ2v) is 6.61. The van der Waals surface area contributed by atoms with Crippen LogP contribution in [-0.2, 0) is 12.8 Å². The summed E-state index contributed by atoms with van der Waals surface area (Å²) in [5.41, 5.74) is 2.45. The lowest BCUT2D eigenvalue weighted by molar-refractivity contribution is -0.137. The molecule has 8 heteroatoms. The van der Waals surface area contributed by atoms with Crippen LogP contribution in [0.25, 0.3) is 22.2 Å². The Morgan fingerprint density at radius 1 is 1.00 bits per heavy atom. The van der Waals surface area contributed by atoms with Gasteiger partial charge in [-0.1, -0.05) is 18.2 Å². The molecule has 2 N–H and O–H groups in total. The van der Waals surface area contributed by atoms with Gasteiger partial charge in [0.05, 0.1) is 22.2 Å². The molecule has 4 rings (SSSR count). The zero-order chi connectivity index (χ0) is 21.3. The third kappa shape index (κ3) is 4.12. The van der Waals surface area contributed by atoms with Crippen LogP contribution in [0.3, 0.4) is 0 Å². The van der Waals surface area contributed by atoms with E-state index < -0.39 is 17.7 Å². The van der Waals surface area contributed by atoms with Gasteiger partial charge in [0.1, 0.15) is 18.2 Å². The summed E-state index contributed by atoms with van der Waals surface area (Å²) < 4.78 is 43.4. The van der Waals surface area contributed by atoms with Gasteiger partial charge in [0.15, 0.2) is 0 Å². The summed E-state index contributed by atoms with van der Waals surface area (Å²) in [4.78, 5) is 18.7. The summed E-state index contributed by atoms with van der Waals surface area (Å²) in [6, 6.07) is 16.6. The fraction of sp³-hybridized carbons (Fsp3) is 0.0909. The Bertz CT molecular complexity index is 1210. The highest BCUT2D eigenvalue weighted by Crippen LogP contribution is 2.30. The number of ether oxygens (including phenoxy) is 1. The average molecular weight is 412 g/mol. The number of nitrogens with zero attached hydrogens (tertiary/aromatic N) is 1. The van der Waals surface area contributed by atoms with Crippen LogP contribution in [0.1, 0.15) is 21.7 Å². The van der Waals surface area contributed by atoms with Gasteiger partial charge in [-0.2, -0.15) is 13.2 Å². The Labute approximate surface area is 168 Å². The highest BCUT2D eigenvalue weighted by molar-refractivity contribution is 5.90. The summed E-state index contributed by atoms with van der Waals surface area (Å²) in [6.07, 6.45) is -4.39. The first-order chi connectivity index (χ1) is 14.3. The molecule has 0 atom stereocenters. The van der Waals surface area contributed by atoms with Crippen LogP contribution in [-0.4, -0.2) is 21.0 Å². The summed E-state index contributed by atoms with van der Waals surface area (Å²) in [7, 11) is 0. The molecule has 5 nitrogen and oxygen atoms in total. The molecule has 0 radical (unpaired) electrons. The number of aromatic nitrogens is 2. The number of carboxylic acid groups (broad SMARTS) is 1. The molecule has 0 bridgehead atoms. The van der Waals surface area contributed by atoms with Crippen LogP contribution >= 0.6 is 0 Å². The molecule has 0 fully saturated rings. The Kier molecular flexibility index (Phi) is 4.91. The fourth-order valence-corrected chi connectivity index (χ4v) is 3.03. The van der Waals surface area contributed by atoms with Crippen molar-refractivity contribution < 1.29 is 27.8 Å². The molecule has 1 heterocycles. The normalized spacial score (nSPS) is 11.6. The molecule has 0 aliphatic carbocycles. The second kappa shape index (κ2) is 7.55. The Morgan fingerprint density at radius 3 is 2.43 bits per heavy atom. The monoisotopic (exact) mass is 412 g/mol. The van der Waals surface area contributed by atoms with Gasteiger partial charge in [-0.25, -0.2) is 9.78 Å². The van der Waals surface area contributed by atoms with Gasteiger partial charge < -0.3 is 14.8 Å².